The molecule has 3 nitrogen and oxygen atoms in total. The van der Waals surface area contributed by atoms with E-state index < -0.39 is 0 Å². The van der Waals surface area contributed by atoms with Gasteiger partial charge in [0.2, 0.25) is 5.91 Å². The van der Waals surface area contributed by atoms with Crippen LogP contribution in [-0.4, -0.2) is 25.2 Å². The number of hydrogen-bond acceptors (Lipinski definition) is 2. The fraction of sp³-hybridized carbons (Fsp3) is 0.833. The second-order valence-electron chi connectivity index (χ2n) is 2.16. The maximum absolute atomic E-state index is 10.8. The molecule has 9 heavy (non-hydrogen) atoms. The number of carbonyl (C=O) groups is 1. The molecule has 1 rings (SSSR count). The van der Waals surface area contributed by atoms with Crippen LogP contribution in [0.4, 0.5) is 0 Å². The maximum Gasteiger partial charge on any atom is 0.248 e. The molecule has 0 aromatic heterocycles. The Bertz CT molecular complexity index is 114. The summed E-state index contributed by atoms with van der Waals surface area (Å²) in [5.41, 5.74) is 0. The quantitative estimate of drug-likeness (QED) is 0.496. The van der Waals surface area contributed by atoms with Crippen LogP contribution in [0.3, 0.4) is 0 Å². The van der Waals surface area contributed by atoms with Gasteiger partial charge < -0.3 is 10.1 Å². The monoisotopic (exact) mass is 129 g/mol. The van der Waals surface area contributed by atoms with Crippen molar-refractivity contribution in [3.63, 3.8) is 0 Å². The minimum Gasteiger partial charge on any atom is -0.369 e. The normalized spacial score (nSPS) is 29.0. The van der Waals surface area contributed by atoms with Gasteiger partial charge in [0.1, 0.15) is 6.10 Å². The zero-order valence-corrected chi connectivity index (χ0v) is 5.52. The van der Waals surface area contributed by atoms with Gasteiger partial charge in [-0.2, -0.15) is 0 Å². The number of amides is 1. The van der Waals surface area contributed by atoms with Crippen LogP contribution in [0.15, 0.2) is 0 Å². The minimum absolute atomic E-state index is 0.00694. The van der Waals surface area contributed by atoms with E-state index in [2.05, 4.69) is 5.32 Å². The van der Waals surface area contributed by atoms with Gasteiger partial charge in [0.25, 0.3) is 0 Å². The van der Waals surface area contributed by atoms with Gasteiger partial charge in [0.05, 0.1) is 0 Å². The van der Waals surface area contributed by atoms with E-state index in [0.717, 1.165) is 13.0 Å². The van der Waals surface area contributed by atoms with E-state index in [4.69, 9.17) is 4.74 Å². The molecule has 0 aromatic rings. The molecule has 1 aliphatic rings. The van der Waals surface area contributed by atoms with Crippen molar-refractivity contribution >= 4 is 5.91 Å². The largest absolute Gasteiger partial charge is 0.369 e. The zero-order chi connectivity index (χ0) is 6.69. The van der Waals surface area contributed by atoms with Gasteiger partial charge in [0, 0.05) is 13.2 Å². The Kier molecular flexibility index (Phi) is 2.05. The molecule has 1 atom stereocenters. The predicted molar refractivity (Wildman–Crippen MR) is 33.0 cm³/mol. The Balaban J connectivity index is 2.41. The first-order valence-corrected chi connectivity index (χ1v) is 3.20. The molecular formula is C6H11NO2. The highest BCUT2D eigenvalue weighted by Crippen LogP contribution is 1.96. The fourth-order valence-electron chi connectivity index (χ4n) is 0.763. The molecular weight excluding hydrogens is 118 g/mol. The summed E-state index contributed by atoms with van der Waals surface area (Å²) in [6.45, 7) is 3.21. The van der Waals surface area contributed by atoms with Gasteiger partial charge in [-0.1, -0.05) is 0 Å². The molecule has 52 valence electrons. The van der Waals surface area contributed by atoms with Crippen molar-refractivity contribution < 1.29 is 9.53 Å². The van der Waals surface area contributed by atoms with Crippen molar-refractivity contribution in [2.45, 2.75) is 19.4 Å². The summed E-state index contributed by atoms with van der Waals surface area (Å²) < 4.78 is 5.10. The van der Waals surface area contributed by atoms with E-state index >= 15 is 0 Å². The summed E-state index contributed by atoms with van der Waals surface area (Å²) in [6.07, 6.45) is 0.670. The van der Waals surface area contributed by atoms with Crippen molar-refractivity contribution in [1.82, 2.24) is 5.32 Å². The topological polar surface area (TPSA) is 38.3 Å². The molecule has 1 N–H and O–H groups in total. The molecule has 1 aliphatic heterocycles. The van der Waals surface area contributed by atoms with Crippen LogP contribution in [0, 0.1) is 0 Å². The lowest BCUT2D eigenvalue weighted by Crippen LogP contribution is -2.31. The Morgan fingerprint density at radius 3 is 3.33 bits per heavy atom. The van der Waals surface area contributed by atoms with Crippen LogP contribution in [-0.2, 0) is 9.53 Å². The third-order valence-corrected chi connectivity index (χ3v) is 1.36. The first kappa shape index (κ1) is 6.55. The van der Waals surface area contributed by atoms with Crippen molar-refractivity contribution in [3.8, 4) is 0 Å². The Morgan fingerprint density at radius 2 is 2.56 bits per heavy atom. The molecule has 0 aromatic carbocycles. The van der Waals surface area contributed by atoms with Crippen LogP contribution >= 0.6 is 0 Å². The average Bonchev–Trinajstić information content (AvgIpc) is 1.99. The summed E-state index contributed by atoms with van der Waals surface area (Å²) in [5, 5.41) is 2.73. The van der Waals surface area contributed by atoms with Crippen LogP contribution in [0.2, 0.25) is 0 Å². The summed E-state index contributed by atoms with van der Waals surface area (Å²) >= 11 is 0. The first-order valence-electron chi connectivity index (χ1n) is 3.20. The molecule has 0 saturated carbocycles. The number of nitrogens with one attached hydrogen (secondary N) is 1. The zero-order valence-electron chi connectivity index (χ0n) is 5.52. The van der Waals surface area contributed by atoms with Crippen molar-refractivity contribution in [2.75, 3.05) is 13.2 Å². The molecule has 0 spiro atoms. The fourth-order valence-corrected chi connectivity index (χ4v) is 0.763. The smallest absolute Gasteiger partial charge is 0.248 e. The number of ether oxygens (including phenoxy) is 1. The molecule has 1 saturated heterocycles. The predicted octanol–water partition coefficient (Wildman–Crippen LogP) is -0.0886. The lowest BCUT2D eigenvalue weighted by molar-refractivity contribution is -0.129. The van der Waals surface area contributed by atoms with Crippen LogP contribution in [0.1, 0.15) is 13.3 Å². The third kappa shape index (κ3) is 1.68. The van der Waals surface area contributed by atoms with E-state index in [1.54, 1.807) is 6.92 Å². The van der Waals surface area contributed by atoms with Crippen molar-refractivity contribution in [1.29, 1.82) is 0 Å². The molecule has 3 heteroatoms. The molecule has 0 radical (unpaired) electrons. The molecule has 1 amide bonds. The number of carbonyl (C=O) groups excluding carboxylic acids is 1. The lowest BCUT2D eigenvalue weighted by atomic mass is 10.4. The van der Waals surface area contributed by atoms with Gasteiger partial charge in [-0.3, -0.25) is 4.79 Å². The number of hydrogen-bond donors (Lipinski definition) is 1. The molecule has 0 bridgehead atoms. The van der Waals surface area contributed by atoms with Crippen LogP contribution in [0.25, 0.3) is 0 Å². The van der Waals surface area contributed by atoms with Gasteiger partial charge in [0.15, 0.2) is 0 Å². The highest BCUT2D eigenvalue weighted by atomic mass is 16.5. The van der Waals surface area contributed by atoms with Crippen molar-refractivity contribution in [3.05, 3.63) is 0 Å². The van der Waals surface area contributed by atoms with E-state index in [0.29, 0.717) is 6.61 Å². The molecule has 1 fully saturated rings. The average molecular weight is 129 g/mol. The van der Waals surface area contributed by atoms with Gasteiger partial charge >= 0.3 is 0 Å². The van der Waals surface area contributed by atoms with Gasteiger partial charge in [-0.15, -0.1) is 0 Å². The van der Waals surface area contributed by atoms with E-state index in [-0.39, 0.29) is 12.0 Å². The van der Waals surface area contributed by atoms with E-state index in [1.807, 2.05) is 0 Å². The second kappa shape index (κ2) is 2.82. The highest BCUT2D eigenvalue weighted by Gasteiger charge is 2.14. The Labute approximate surface area is 54.4 Å². The third-order valence-electron chi connectivity index (χ3n) is 1.36. The SMILES string of the molecule is C[C@H]1OCCCNC1=O. The standard InChI is InChI=1S/C6H11NO2/c1-5-6(8)7-3-2-4-9-5/h5H,2-4H2,1H3,(H,7,8)/t5-/m1/s1. The van der Waals surface area contributed by atoms with E-state index in [1.165, 1.54) is 0 Å². The molecule has 0 aliphatic carbocycles. The number of rotatable bonds is 0. The van der Waals surface area contributed by atoms with Crippen LogP contribution in [0.5, 0.6) is 0 Å². The summed E-state index contributed by atoms with van der Waals surface area (Å²) in [7, 11) is 0. The van der Waals surface area contributed by atoms with E-state index in [9.17, 15) is 4.79 Å². The van der Waals surface area contributed by atoms with Gasteiger partial charge in [-0.05, 0) is 13.3 Å². The van der Waals surface area contributed by atoms with Crippen molar-refractivity contribution in [2.24, 2.45) is 0 Å². The van der Waals surface area contributed by atoms with Gasteiger partial charge in [-0.25, -0.2) is 0 Å². The lowest BCUT2D eigenvalue weighted by Gasteiger charge is -2.05. The first-order chi connectivity index (χ1) is 4.30. The second-order valence-corrected chi connectivity index (χ2v) is 2.16. The molecule has 1 heterocycles. The minimum atomic E-state index is -0.257. The maximum atomic E-state index is 10.8. The summed E-state index contributed by atoms with van der Waals surface area (Å²) in [5.74, 6) is 0.00694. The summed E-state index contributed by atoms with van der Waals surface area (Å²) in [4.78, 5) is 10.8. The highest BCUT2D eigenvalue weighted by molar-refractivity contribution is 5.80. The Morgan fingerprint density at radius 1 is 1.78 bits per heavy atom. The molecule has 0 unspecified atom stereocenters. The summed E-state index contributed by atoms with van der Waals surface area (Å²) in [6, 6.07) is 0. The van der Waals surface area contributed by atoms with Crippen LogP contribution < -0.4 is 5.32 Å². The Hall–Kier alpha value is -0.570.